The Labute approximate surface area is 219 Å². The third-order valence-electron chi connectivity index (χ3n) is 0. The molecule has 0 radical (unpaired) electrons. The maximum Gasteiger partial charge on any atom is 2.00 e. The number of carbonyl (C=O) groups excluding carboxylic acids is 5. The summed E-state index contributed by atoms with van der Waals surface area (Å²) in [6, 6.07) is 0. The van der Waals surface area contributed by atoms with Crippen molar-refractivity contribution in [3.8, 4) is 0 Å². The molecule has 0 N–H and O–H groups in total. The smallest absolute Gasteiger partial charge is 0.550 e. The van der Waals surface area contributed by atoms with E-state index in [2.05, 4.69) is 0 Å². The maximum atomic E-state index is 8.89. The Hall–Kier alpha value is 0.973. The van der Waals surface area contributed by atoms with E-state index in [0.717, 1.165) is 34.6 Å². The van der Waals surface area contributed by atoms with Gasteiger partial charge in [0, 0.05) is 29.8 Å². The molecule has 0 aromatic carbocycles. The first-order valence-electron chi connectivity index (χ1n) is 4.54. The van der Waals surface area contributed by atoms with Crippen molar-refractivity contribution in [2.45, 2.75) is 34.6 Å². The van der Waals surface area contributed by atoms with Gasteiger partial charge in [0.05, 0.1) is 0 Å². The minimum Gasteiger partial charge on any atom is -0.550 e. The van der Waals surface area contributed by atoms with Crippen LogP contribution in [0.15, 0.2) is 0 Å². The molecule has 0 spiro atoms. The van der Waals surface area contributed by atoms with E-state index >= 15 is 0 Å². The molecule has 14 heteroatoms. The molecular formula is C10H15Na3O10Zn. The zero-order valence-corrected chi connectivity index (χ0v) is 24.3. The van der Waals surface area contributed by atoms with E-state index in [9.17, 15) is 0 Å². The third kappa shape index (κ3) is 11700. The predicted octanol–water partition coefficient (Wildman–Crippen LogP) is -15.2. The van der Waals surface area contributed by atoms with E-state index in [1.807, 2.05) is 0 Å². The van der Waals surface area contributed by atoms with E-state index in [1.165, 1.54) is 0 Å². The summed E-state index contributed by atoms with van der Waals surface area (Å²) in [7, 11) is 0. The Balaban J connectivity index is -0.0000000161. The molecule has 0 aliphatic carbocycles. The van der Waals surface area contributed by atoms with Crippen LogP contribution in [0.5, 0.6) is 0 Å². The van der Waals surface area contributed by atoms with E-state index in [0.29, 0.717) is 0 Å². The summed E-state index contributed by atoms with van der Waals surface area (Å²) in [4.78, 5) is 44.4. The first kappa shape index (κ1) is 56.3. The van der Waals surface area contributed by atoms with Gasteiger partial charge in [-0.25, -0.2) is 0 Å². The largest absolute Gasteiger partial charge is 2.00 e. The third-order valence-corrected chi connectivity index (χ3v) is 0. The number of rotatable bonds is 0. The van der Waals surface area contributed by atoms with Gasteiger partial charge in [-0.1, -0.05) is 0 Å². The van der Waals surface area contributed by atoms with Gasteiger partial charge < -0.3 is 49.5 Å². The topological polar surface area (TPSA) is 201 Å². The van der Waals surface area contributed by atoms with Crippen molar-refractivity contribution in [3.05, 3.63) is 0 Å². The molecule has 0 saturated heterocycles. The van der Waals surface area contributed by atoms with Crippen LogP contribution >= 0.6 is 0 Å². The molecule has 10 nitrogen and oxygen atoms in total. The van der Waals surface area contributed by atoms with Crippen LogP contribution in [0, 0.1) is 0 Å². The summed E-state index contributed by atoms with van der Waals surface area (Å²) >= 11 is 0. The van der Waals surface area contributed by atoms with Gasteiger partial charge in [-0.3, -0.25) is 0 Å². The average Bonchev–Trinajstić information content (AvgIpc) is 1.94. The Morgan fingerprint density at radius 3 is 0.417 bits per heavy atom. The molecule has 0 atom stereocenters. The molecular weight excluding hydrogens is 414 g/mol. The molecule has 0 unspecified atom stereocenters. The van der Waals surface area contributed by atoms with Gasteiger partial charge in [0.25, 0.3) is 0 Å². The first-order chi connectivity index (χ1) is 8.66. The molecule has 0 aliphatic rings. The van der Waals surface area contributed by atoms with Gasteiger partial charge >= 0.3 is 108 Å². The number of carboxylic acids is 5. The minimum atomic E-state index is -1.08. The monoisotopic (exact) mass is 428 g/mol. The van der Waals surface area contributed by atoms with Crippen molar-refractivity contribution < 1.29 is 158 Å². The Bertz CT molecular complexity index is 224. The standard InChI is InChI=1S/5C2H4O2.3Na.Zn/c5*1-2(3)4;;;;/h5*1H3,(H,3,4);;;;/q;;;;;3*+1;+2/p-5. The van der Waals surface area contributed by atoms with Crippen LogP contribution in [0.3, 0.4) is 0 Å². The van der Waals surface area contributed by atoms with Gasteiger partial charge in [-0.05, 0) is 34.6 Å². The van der Waals surface area contributed by atoms with Crippen LogP contribution in [0.25, 0.3) is 0 Å². The average molecular weight is 430 g/mol. The number of hydrogen-bond donors (Lipinski definition) is 0. The second-order valence-corrected chi connectivity index (χ2v) is 2.46. The van der Waals surface area contributed by atoms with Crippen molar-refractivity contribution in [2.24, 2.45) is 0 Å². The molecule has 24 heavy (non-hydrogen) atoms. The first-order valence-corrected chi connectivity index (χ1v) is 4.54. The van der Waals surface area contributed by atoms with E-state index < -0.39 is 29.8 Å². The maximum absolute atomic E-state index is 8.89. The molecule has 0 bridgehead atoms. The van der Waals surface area contributed by atoms with Crippen LogP contribution in [-0.2, 0) is 43.5 Å². The summed E-state index contributed by atoms with van der Waals surface area (Å²) < 4.78 is 0. The second-order valence-electron chi connectivity index (χ2n) is 2.46. The van der Waals surface area contributed by atoms with Crippen molar-refractivity contribution in [2.75, 3.05) is 0 Å². The van der Waals surface area contributed by atoms with E-state index in [-0.39, 0.29) is 108 Å². The summed E-state index contributed by atoms with van der Waals surface area (Å²) in [6.07, 6.45) is 0. The van der Waals surface area contributed by atoms with Gasteiger partial charge in [-0.15, -0.1) is 0 Å². The fourth-order valence-electron chi connectivity index (χ4n) is 0. The quantitative estimate of drug-likeness (QED) is 0.333. The SMILES string of the molecule is CC(=O)[O-].CC(=O)[O-].CC(=O)[O-].CC(=O)[O-].CC(=O)[O-].[Na+].[Na+].[Na+].[Zn+2]. The zero-order chi connectivity index (χ0) is 17.9. The van der Waals surface area contributed by atoms with Gasteiger partial charge in [0.2, 0.25) is 0 Å². The van der Waals surface area contributed by atoms with E-state index in [1.54, 1.807) is 0 Å². The van der Waals surface area contributed by atoms with Crippen LogP contribution in [0.1, 0.15) is 34.6 Å². The summed E-state index contributed by atoms with van der Waals surface area (Å²) in [5, 5.41) is 44.4. The predicted molar refractivity (Wildman–Crippen MR) is 53.4 cm³/mol. The van der Waals surface area contributed by atoms with Gasteiger partial charge in [-0.2, -0.15) is 0 Å². The second kappa shape index (κ2) is 49.6. The molecule has 0 rings (SSSR count). The van der Waals surface area contributed by atoms with Crippen LogP contribution in [-0.4, -0.2) is 29.8 Å². The fourth-order valence-corrected chi connectivity index (χ4v) is 0. The number of hydrogen-bond acceptors (Lipinski definition) is 10. The van der Waals surface area contributed by atoms with Crippen molar-refractivity contribution in [1.82, 2.24) is 0 Å². The Morgan fingerprint density at radius 1 is 0.417 bits per heavy atom. The normalized spacial score (nSPS) is 5.21. The van der Waals surface area contributed by atoms with Crippen molar-refractivity contribution in [1.29, 1.82) is 0 Å². The molecule has 0 saturated carbocycles. The van der Waals surface area contributed by atoms with Gasteiger partial charge in [0.15, 0.2) is 0 Å². The zero-order valence-electron chi connectivity index (χ0n) is 15.3. The van der Waals surface area contributed by atoms with E-state index in [4.69, 9.17) is 49.5 Å². The molecule has 0 aliphatic heterocycles. The Morgan fingerprint density at radius 2 is 0.417 bits per heavy atom. The van der Waals surface area contributed by atoms with Gasteiger partial charge in [0.1, 0.15) is 0 Å². The number of carbonyl (C=O) groups is 5. The summed E-state index contributed by atoms with van der Waals surface area (Å²) in [6.45, 7) is 4.86. The molecule has 0 aromatic rings. The molecule has 0 amide bonds. The van der Waals surface area contributed by atoms with Crippen LogP contribution < -0.4 is 114 Å². The summed E-state index contributed by atoms with van der Waals surface area (Å²) in [5.74, 6) is -5.42. The molecule has 0 aromatic heterocycles. The fraction of sp³-hybridized carbons (Fsp3) is 0.500. The molecule has 120 valence electrons. The molecule has 0 fully saturated rings. The van der Waals surface area contributed by atoms with Crippen molar-refractivity contribution in [3.63, 3.8) is 0 Å². The molecule has 0 heterocycles. The Kier molecular flexibility index (Phi) is 116. The number of aliphatic carboxylic acids is 5. The van der Waals surface area contributed by atoms with Crippen LogP contribution in [0.4, 0.5) is 0 Å². The van der Waals surface area contributed by atoms with Crippen LogP contribution in [0.2, 0.25) is 0 Å². The minimum absolute atomic E-state index is 0. The summed E-state index contributed by atoms with van der Waals surface area (Å²) in [5.41, 5.74) is 0. The van der Waals surface area contributed by atoms with Crippen molar-refractivity contribution >= 4 is 29.8 Å². The number of carboxylic acid groups (broad SMARTS) is 5.